The molecule has 84 valence electrons. The number of rotatable bonds is 2. The van der Waals surface area contributed by atoms with E-state index < -0.39 is 0 Å². The minimum Gasteiger partial charge on any atom is -0.264 e. The lowest BCUT2D eigenvalue weighted by Gasteiger charge is -2.63. The molecule has 0 spiro atoms. The third kappa shape index (κ3) is 1.52. The van der Waals surface area contributed by atoms with Crippen LogP contribution < -0.4 is 0 Å². The highest BCUT2D eigenvalue weighted by Gasteiger charge is 2.52. The summed E-state index contributed by atoms with van der Waals surface area (Å²) in [4.78, 5) is 9.36. The molecule has 0 radical (unpaired) electrons. The van der Waals surface area contributed by atoms with Gasteiger partial charge >= 0.3 is 0 Å². The van der Waals surface area contributed by atoms with Gasteiger partial charge in [0.2, 0.25) is 0 Å². The molecule has 4 nitrogen and oxygen atoms in total. The first-order chi connectivity index (χ1) is 7.22. The van der Waals surface area contributed by atoms with Crippen LogP contribution in [-0.2, 0) is 0 Å². The molecule has 15 heavy (non-hydrogen) atoms. The average Bonchev–Trinajstić information content (AvgIpc) is 2.22. The van der Waals surface area contributed by atoms with E-state index >= 15 is 0 Å². The number of hydrogen-bond donors (Lipinski definition) is 0. The van der Waals surface area contributed by atoms with Gasteiger partial charge in [-0.15, -0.1) is 0 Å². The van der Waals surface area contributed by atoms with Gasteiger partial charge in [-0.2, -0.15) is 0 Å². The second-order valence-electron chi connectivity index (χ2n) is 4.41. The van der Waals surface area contributed by atoms with Crippen molar-refractivity contribution in [2.24, 2.45) is 0 Å². The van der Waals surface area contributed by atoms with Crippen LogP contribution in [0.15, 0.2) is 11.6 Å². The van der Waals surface area contributed by atoms with E-state index in [-0.39, 0.29) is 5.12 Å². The highest BCUT2D eigenvalue weighted by Crippen LogP contribution is 2.39. The van der Waals surface area contributed by atoms with Crippen molar-refractivity contribution in [2.75, 3.05) is 33.3 Å². The van der Waals surface area contributed by atoms with Gasteiger partial charge in [-0.1, -0.05) is 29.3 Å². The molecule has 4 aliphatic heterocycles. The predicted octanol–water partition coefficient (Wildman–Crippen LogP) is 1.06. The number of hydrogen-bond acceptors (Lipinski definition) is 4. The summed E-state index contributed by atoms with van der Waals surface area (Å²) < 4.78 is 0. The van der Waals surface area contributed by atoms with E-state index in [0.717, 1.165) is 39.8 Å². The van der Waals surface area contributed by atoms with Gasteiger partial charge in [-0.3, -0.25) is 9.80 Å². The number of nitrogens with zero attached hydrogens (tertiary/aromatic N) is 4. The van der Waals surface area contributed by atoms with Gasteiger partial charge < -0.3 is 0 Å². The van der Waals surface area contributed by atoms with Crippen LogP contribution in [0.4, 0.5) is 0 Å². The number of halogens is 2. The highest BCUT2D eigenvalue weighted by molar-refractivity contribution is 6.25. The molecule has 0 saturated carbocycles. The molecule has 0 aromatic rings. The van der Waals surface area contributed by atoms with Crippen LogP contribution in [0, 0.1) is 0 Å². The highest BCUT2D eigenvalue weighted by atomic mass is 35.5. The van der Waals surface area contributed by atoms with Crippen LogP contribution in [0.25, 0.3) is 0 Å². The van der Waals surface area contributed by atoms with Crippen LogP contribution in [0.1, 0.15) is 6.42 Å². The van der Waals surface area contributed by atoms with E-state index in [1.54, 1.807) is 5.54 Å². The van der Waals surface area contributed by atoms with Crippen molar-refractivity contribution in [2.45, 2.75) is 11.5 Å². The summed E-state index contributed by atoms with van der Waals surface area (Å²) in [6.45, 7) is 4.93. The molecule has 4 rings (SSSR count). The van der Waals surface area contributed by atoms with Crippen LogP contribution >= 0.6 is 23.2 Å². The van der Waals surface area contributed by atoms with Crippen molar-refractivity contribution in [3.63, 3.8) is 0 Å². The Morgan fingerprint density at radius 1 is 1.00 bits per heavy atom. The first-order valence-electron chi connectivity index (χ1n) is 5.11. The van der Waals surface area contributed by atoms with Gasteiger partial charge in [0.25, 0.3) is 0 Å². The van der Waals surface area contributed by atoms with Crippen molar-refractivity contribution in [1.82, 2.24) is 19.6 Å². The summed E-state index contributed by atoms with van der Waals surface area (Å²) in [5.74, 6) is 0. The molecule has 4 bridgehead atoms. The number of alkyl halides is 1. The minimum absolute atomic E-state index is 0.362. The topological polar surface area (TPSA) is 13.0 Å². The van der Waals surface area contributed by atoms with E-state index in [1.807, 2.05) is 6.08 Å². The van der Waals surface area contributed by atoms with Crippen LogP contribution in [0.3, 0.4) is 0 Å². The fraction of sp³-hybridized carbons (Fsp3) is 0.778. The lowest BCUT2D eigenvalue weighted by atomic mass is 10.2. The summed E-state index contributed by atoms with van der Waals surface area (Å²) in [5.41, 5.74) is 1.55. The quantitative estimate of drug-likeness (QED) is 0.536. The maximum absolute atomic E-state index is 6.70. The molecule has 0 aliphatic carbocycles. The van der Waals surface area contributed by atoms with Crippen molar-refractivity contribution >= 4 is 23.2 Å². The first kappa shape index (κ1) is 10.3. The lowest BCUT2D eigenvalue weighted by Crippen LogP contribution is -2.79. The molecule has 0 atom stereocenters. The van der Waals surface area contributed by atoms with Crippen molar-refractivity contribution in [1.29, 1.82) is 0 Å². The van der Waals surface area contributed by atoms with E-state index in [9.17, 15) is 0 Å². The predicted molar refractivity (Wildman–Crippen MR) is 59.9 cm³/mol. The van der Waals surface area contributed by atoms with E-state index in [1.165, 1.54) is 0 Å². The lowest BCUT2D eigenvalue weighted by molar-refractivity contribution is -0.246. The molecule has 4 heterocycles. The summed E-state index contributed by atoms with van der Waals surface area (Å²) in [5, 5.41) is -0.362. The Balaban J connectivity index is 1.84. The maximum Gasteiger partial charge on any atom is 0.159 e. The molecule has 0 aromatic carbocycles. The first-order valence-corrected chi connectivity index (χ1v) is 5.93. The Kier molecular flexibility index (Phi) is 2.47. The average molecular weight is 249 g/mol. The minimum atomic E-state index is -0.362. The second kappa shape index (κ2) is 3.58. The Bertz CT molecular complexity index is 266. The molecule has 0 unspecified atom stereocenters. The smallest absolute Gasteiger partial charge is 0.159 e. The second-order valence-corrected chi connectivity index (χ2v) is 5.27. The zero-order valence-electron chi connectivity index (χ0n) is 8.44. The molecule has 6 heteroatoms. The summed E-state index contributed by atoms with van der Waals surface area (Å²) in [7, 11) is 0. The standard InChI is InChI=1S/C9H14Cl2N4/c10-3-1-2-9(11)14-5-12-4-13(7-14)8-15(9)6-12/h1,3H,2,4-8H2/b3-1+. The van der Waals surface area contributed by atoms with E-state index in [4.69, 9.17) is 23.2 Å². The van der Waals surface area contributed by atoms with E-state index in [0.29, 0.717) is 0 Å². The van der Waals surface area contributed by atoms with Gasteiger partial charge in [0, 0.05) is 12.0 Å². The van der Waals surface area contributed by atoms with Crippen LogP contribution in [-0.4, -0.2) is 58.1 Å². The van der Waals surface area contributed by atoms with Gasteiger partial charge in [-0.25, -0.2) is 9.80 Å². The van der Waals surface area contributed by atoms with Gasteiger partial charge in [0.1, 0.15) is 0 Å². The zero-order chi connectivity index (χ0) is 10.5. The van der Waals surface area contributed by atoms with E-state index in [2.05, 4.69) is 19.6 Å². The fourth-order valence-corrected chi connectivity index (χ4v) is 3.08. The van der Waals surface area contributed by atoms with Crippen LogP contribution in [0.2, 0.25) is 0 Å². The molecule has 4 aliphatic rings. The third-order valence-corrected chi connectivity index (χ3v) is 4.13. The molecule has 0 aromatic heterocycles. The molecule has 0 amide bonds. The largest absolute Gasteiger partial charge is 0.264 e. The zero-order valence-corrected chi connectivity index (χ0v) is 9.95. The summed E-state index contributed by atoms with van der Waals surface area (Å²) >= 11 is 12.3. The van der Waals surface area contributed by atoms with Gasteiger partial charge in [0.05, 0.1) is 33.3 Å². The molecule has 4 saturated heterocycles. The fourth-order valence-electron chi connectivity index (χ4n) is 2.69. The van der Waals surface area contributed by atoms with Crippen molar-refractivity contribution in [3.05, 3.63) is 11.6 Å². The van der Waals surface area contributed by atoms with Gasteiger partial charge in [0.15, 0.2) is 5.12 Å². The van der Waals surface area contributed by atoms with Crippen molar-refractivity contribution < 1.29 is 0 Å². The molecule has 4 fully saturated rings. The summed E-state index contributed by atoms with van der Waals surface area (Å²) in [6.07, 6.45) is 2.71. The van der Waals surface area contributed by atoms with Crippen molar-refractivity contribution in [3.8, 4) is 0 Å². The molecular weight excluding hydrogens is 235 g/mol. The summed E-state index contributed by atoms with van der Waals surface area (Å²) in [6, 6.07) is 0. The monoisotopic (exact) mass is 248 g/mol. The Hall–Kier alpha value is 0.160. The Morgan fingerprint density at radius 2 is 1.53 bits per heavy atom. The SMILES string of the molecule is Cl/C=C/CC1(Cl)N2CN3CN(C2)CN1C3. The third-order valence-electron chi connectivity index (χ3n) is 3.32. The molecular formula is C9H14Cl2N4. The normalized spacial score (nSPS) is 52.9. The molecule has 0 N–H and O–H groups in total. The van der Waals surface area contributed by atoms with Gasteiger partial charge in [-0.05, 0) is 0 Å². The Morgan fingerprint density at radius 3 is 2.00 bits per heavy atom. The van der Waals surface area contributed by atoms with Crippen LogP contribution in [0.5, 0.6) is 0 Å². The maximum atomic E-state index is 6.70. The Labute approximate surface area is 99.6 Å².